The molecular weight excluding hydrogens is 273 g/mol. The van der Waals surface area contributed by atoms with Crippen molar-refractivity contribution in [2.75, 3.05) is 0 Å². The van der Waals surface area contributed by atoms with Crippen LogP contribution in [0.2, 0.25) is 5.02 Å². The standard InChI is InChI=1S/C13H11ClFNO3/c1-7-9(8(2)19-16-7)6-18-13(17)12-10(14)4-3-5-11(12)15/h3-5H,6H2,1-2H3. The fourth-order valence-corrected chi connectivity index (χ4v) is 1.85. The monoisotopic (exact) mass is 283 g/mol. The van der Waals surface area contributed by atoms with Gasteiger partial charge in [-0.15, -0.1) is 0 Å². The summed E-state index contributed by atoms with van der Waals surface area (Å²) < 4.78 is 23.5. The van der Waals surface area contributed by atoms with Gasteiger partial charge in [0.1, 0.15) is 23.7 Å². The average molecular weight is 284 g/mol. The van der Waals surface area contributed by atoms with Crippen LogP contribution in [0.4, 0.5) is 4.39 Å². The summed E-state index contributed by atoms with van der Waals surface area (Å²) in [6, 6.07) is 4.00. The molecule has 0 saturated heterocycles. The molecule has 0 aliphatic rings. The van der Waals surface area contributed by atoms with Crippen molar-refractivity contribution in [3.63, 3.8) is 0 Å². The Bertz CT molecular complexity index is 585. The van der Waals surface area contributed by atoms with Gasteiger partial charge in [0.15, 0.2) is 0 Å². The SMILES string of the molecule is Cc1noc(C)c1COC(=O)c1c(F)cccc1Cl. The molecule has 6 heteroatoms. The molecule has 1 aromatic carbocycles. The van der Waals surface area contributed by atoms with Crippen molar-refractivity contribution in [2.24, 2.45) is 0 Å². The van der Waals surface area contributed by atoms with Gasteiger partial charge >= 0.3 is 5.97 Å². The van der Waals surface area contributed by atoms with Gasteiger partial charge in [-0.1, -0.05) is 22.8 Å². The van der Waals surface area contributed by atoms with E-state index >= 15 is 0 Å². The minimum atomic E-state index is -0.817. The van der Waals surface area contributed by atoms with Gasteiger partial charge in [-0.25, -0.2) is 9.18 Å². The Morgan fingerprint density at radius 2 is 2.21 bits per heavy atom. The number of aromatic nitrogens is 1. The number of esters is 1. The summed E-state index contributed by atoms with van der Waals surface area (Å²) >= 11 is 5.78. The quantitative estimate of drug-likeness (QED) is 0.810. The third-order valence-corrected chi connectivity index (χ3v) is 3.01. The number of nitrogens with zero attached hydrogens (tertiary/aromatic N) is 1. The van der Waals surface area contributed by atoms with E-state index in [0.717, 1.165) is 6.07 Å². The van der Waals surface area contributed by atoms with Gasteiger partial charge in [0.25, 0.3) is 0 Å². The molecule has 19 heavy (non-hydrogen) atoms. The lowest BCUT2D eigenvalue weighted by atomic mass is 10.2. The lowest BCUT2D eigenvalue weighted by Gasteiger charge is -2.06. The highest BCUT2D eigenvalue weighted by atomic mass is 35.5. The van der Waals surface area contributed by atoms with Crippen molar-refractivity contribution in [3.05, 3.63) is 51.6 Å². The zero-order valence-electron chi connectivity index (χ0n) is 10.4. The molecule has 0 saturated carbocycles. The van der Waals surface area contributed by atoms with Crippen molar-refractivity contribution in [1.82, 2.24) is 5.16 Å². The van der Waals surface area contributed by atoms with Crippen LogP contribution in [0.3, 0.4) is 0 Å². The fraction of sp³-hybridized carbons (Fsp3) is 0.231. The first-order valence-corrected chi connectivity index (χ1v) is 5.91. The molecular formula is C13H11ClFNO3. The predicted molar refractivity (Wildman–Crippen MR) is 66.5 cm³/mol. The Morgan fingerprint density at radius 1 is 1.47 bits per heavy atom. The summed E-state index contributed by atoms with van der Waals surface area (Å²) in [6.07, 6.45) is 0. The molecule has 0 fully saturated rings. The van der Waals surface area contributed by atoms with E-state index in [1.165, 1.54) is 12.1 Å². The molecule has 0 unspecified atom stereocenters. The topological polar surface area (TPSA) is 52.3 Å². The van der Waals surface area contributed by atoms with Gasteiger partial charge in [0.05, 0.1) is 16.3 Å². The van der Waals surface area contributed by atoms with Gasteiger partial charge in [0.2, 0.25) is 0 Å². The Hall–Kier alpha value is -1.88. The molecule has 0 atom stereocenters. The average Bonchev–Trinajstić information content (AvgIpc) is 2.66. The van der Waals surface area contributed by atoms with Crippen molar-refractivity contribution >= 4 is 17.6 Å². The van der Waals surface area contributed by atoms with E-state index in [0.29, 0.717) is 17.0 Å². The van der Waals surface area contributed by atoms with Crippen LogP contribution in [0.15, 0.2) is 22.7 Å². The van der Waals surface area contributed by atoms with Gasteiger partial charge in [-0.05, 0) is 26.0 Å². The number of halogens is 2. The largest absolute Gasteiger partial charge is 0.457 e. The van der Waals surface area contributed by atoms with Crippen LogP contribution in [-0.2, 0) is 11.3 Å². The fourth-order valence-electron chi connectivity index (χ4n) is 1.61. The number of benzene rings is 1. The van der Waals surface area contributed by atoms with E-state index in [-0.39, 0.29) is 17.2 Å². The highest BCUT2D eigenvalue weighted by Crippen LogP contribution is 2.21. The summed E-state index contributed by atoms with van der Waals surface area (Å²) in [5.74, 6) is -0.968. The van der Waals surface area contributed by atoms with Crippen LogP contribution in [0, 0.1) is 19.7 Å². The minimum absolute atomic E-state index is 0.0174. The maximum Gasteiger partial charge on any atom is 0.343 e. The molecule has 0 amide bonds. The summed E-state index contributed by atoms with van der Waals surface area (Å²) in [4.78, 5) is 11.8. The van der Waals surface area contributed by atoms with Crippen molar-refractivity contribution in [2.45, 2.75) is 20.5 Å². The molecule has 0 radical (unpaired) electrons. The second kappa shape index (κ2) is 5.40. The number of carbonyl (C=O) groups excluding carboxylic acids is 1. The number of carbonyl (C=O) groups is 1. The Balaban J connectivity index is 2.15. The van der Waals surface area contributed by atoms with Gasteiger partial charge < -0.3 is 9.26 Å². The summed E-state index contributed by atoms with van der Waals surface area (Å²) in [6.45, 7) is 3.40. The molecule has 2 rings (SSSR count). The molecule has 0 bridgehead atoms. The van der Waals surface area contributed by atoms with E-state index in [2.05, 4.69) is 5.16 Å². The number of hydrogen-bond acceptors (Lipinski definition) is 4. The molecule has 4 nitrogen and oxygen atoms in total. The molecule has 1 aromatic heterocycles. The van der Waals surface area contributed by atoms with Crippen molar-refractivity contribution in [3.8, 4) is 0 Å². The molecule has 0 N–H and O–H groups in total. The maximum absolute atomic E-state index is 13.5. The molecule has 0 aliphatic heterocycles. The van der Waals surface area contributed by atoms with Crippen molar-refractivity contribution < 1.29 is 18.4 Å². The summed E-state index contributed by atoms with van der Waals surface area (Å²) in [7, 11) is 0. The Morgan fingerprint density at radius 3 is 2.79 bits per heavy atom. The second-order valence-electron chi connectivity index (χ2n) is 3.98. The van der Waals surface area contributed by atoms with E-state index in [9.17, 15) is 9.18 Å². The lowest BCUT2D eigenvalue weighted by molar-refractivity contribution is 0.0465. The molecule has 0 spiro atoms. The van der Waals surface area contributed by atoms with Crippen LogP contribution in [0.25, 0.3) is 0 Å². The molecule has 100 valence electrons. The minimum Gasteiger partial charge on any atom is -0.457 e. The van der Waals surface area contributed by atoms with Gasteiger partial charge in [-0.3, -0.25) is 0 Å². The maximum atomic E-state index is 13.5. The van der Waals surface area contributed by atoms with Gasteiger partial charge in [-0.2, -0.15) is 0 Å². The molecule has 2 aromatic rings. The van der Waals surface area contributed by atoms with E-state index in [4.69, 9.17) is 20.9 Å². The molecule has 0 aliphatic carbocycles. The summed E-state index contributed by atoms with van der Waals surface area (Å²) in [5.41, 5.74) is 1.03. The number of aryl methyl sites for hydroxylation is 2. The molecule has 1 heterocycles. The first-order chi connectivity index (χ1) is 9.00. The predicted octanol–water partition coefficient (Wildman–Crippen LogP) is 3.44. The third kappa shape index (κ3) is 2.76. The summed E-state index contributed by atoms with van der Waals surface area (Å²) in [5, 5.41) is 3.75. The highest BCUT2D eigenvalue weighted by Gasteiger charge is 2.19. The van der Waals surface area contributed by atoms with Crippen molar-refractivity contribution in [1.29, 1.82) is 0 Å². The Labute approximate surface area is 114 Å². The van der Waals surface area contributed by atoms with Crippen LogP contribution < -0.4 is 0 Å². The number of hydrogen-bond donors (Lipinski definition) is 0. The number of rotatable bonds is 3. The van der Waals surface area contributed by atoms with Crippen LogP contribution in [-0.4, -0.2) is 11.1 Å². The van der Waals surface area contributed by atoms with Crippen LogP contribution in [0.1, 0.15) is 27.4 Å². The smallest absolute Gasteiger partial charge is 0.343 e. The van der Waals surface area contributed by atoms with E-state index in [1.54, 1.807) is 13.8 Å². The first kappa shape index (κ1) is 13.5. The van der Waals surface area contributed by atoms with Gasteiger partial charge in [0, 0.05) is 0 Å². The zero-order valence-corrected chi connectivity index (χ0v) is 11.1. The zero-order chi connectivity index (χ0) is 14.0. The van der Waals surface area contributed by atoms with Crippen LogP contribution >= 0.6 is 11.6 Å². The van der Waals surface area contributed by atoms with E-state index < -0.39 is 11.8 Å². The lowest BCUT2D eigenvalue weighted by Crippen LogP contribution is -2.09. The second-order valence-corrected chi connectivity index (χ2v) is 4.38. The van der Waals surface area contributed by atoms with E-state index in [1.807, 2.05) is 0 Å². The normalized spacial score (nSPS) is 10.5. The third-order valence-electron chi connectivity index (χ3n) is 2.70. The van der Waals surface area contributed by atoms with Crippen LogP contribution in [0.5, 0.6) is 0 Å². The number of ether oxygens (including phenoxy) is 1. The Kier molecular flexibility index (Phi) is 3.85. The first-order valence-electron chi connectivity index (χ1n) is 5.53. The highest BCUT2D eigenvalue weighted by molar-refractivity contribution is 6.33.